The molecule has 3 aromatic rings. The van der Waals surface area contributed by atoms with Crippen LogP contribution < -0.4 is 4.80 Å². The van der Waals surface area contributed by atoms with E-state index in [0.717, 1.165) is 23.1 Å². The van der Waals surface area contributed by atoms with Crippen molar-refractivity contribution in [3.05, 3.63) is 58.4 Å². The van der Waals surface area contributed by atoms with E-state index < -0.39 is 21.9 Å². The number of fused-ring (bicyclic) bond motifs is 1. The number of methoxy groups -OCH3 is 2. The Kier molecular flexibility index (Phi) is 8.55. The highest BCUT2D eigenvalue weighted by Crippen LogP contribution is 2.21. The van der Waals surface area contributed by atoms with Crippen molar-refractivity contribution in [1.82, 2.24) is 8.87 Å². The third-order valence-electron chi connectivity index (χ3n) is 6.11. The Morgan fingerprint density at radius 2 is 1.89 bits per heavy atom. The Morgan fingerprint density at radius 3 is 2.54 bits per heavy atom. The Balaban J connectivity index is 1.61. The van der Waals surface area contributed by atoms with Crippen LogP contribution in [0.5, 0.6) is 0 Å². The van der Waals surface area contributed by atoms with Crippen LogP contribution in [0.4, 0.5) is 0 Å². The van der Waals surface area contributed by atoms with E-state index in [1.165, 1.54) is 54.1 Å². The van der Waals surface area contributed by atoms with E-state index in [2.05, 4.69) is 4.99 Å². The van der Waals surface area contributed by atoms with E-state index in [4.69, 9.17) is 14.2 Å². The van der Waals surface area contributed by atoms with Gasteiger partial charge in [-0.1, -0.05) is 11.3 Å². The molecule has 1 amide bonds. The molecule has 1 aromatic heterocycles. The molecule has 198 valence electrons. The van der Waals surface area contributed by atoms with Crippen LogP contribution in [-0.4, -0.2) is 76.3 Å². The standard InChI is InChI=1S/C25H29N3O7S2/c1-27(16-19-5-4-13-35-19)37(31,32)20-9-6-17(7-10-20)23(29)26-25-28(12-14-33-2)21-11-8-18(24(30)34-3)15-22(21)36-25/h6-11,15,19H,4-5,12-14,16H2,1-3H3. The maximum Gasteiger partial charge on any atom is 0.337 e. The highest BCUT2D eigenvalue weighted by Gasteiger charge is 2.26. The van der Waals surface area contributed by atoms with Crippen molar-refractivity contribution in [3.8, 4) is 0 Å². The molecule has 0 spiro atoms. The van der Waals surface area contributed by atoms with Gasteiger partial charge in [-0.2, -0.15) is 9.30 Å². The summed E-state index contributed by atoms with van der Waals surface area (Å²) in [5, 5.41) is 0. The van der Waals surface area contributed by atoms with Crippen LogP contribution in [0.25, 0.3) is 10.2 Å². The first-order valence-corrected chi connectivity index (χ1v) is 14.0. The molecular formula is C25H29N3O7S2. The SMILES string of the molecule is COCCn1c(=NC(=O)c2ccc(S(=O)(=O)N(C)CC3CCCO3)cc2)sc2cc(C(=O)OC)ccc21. The molecule has 0 saturated carbocycles. The summed E-state index contributed by atoms with van der Waals surface area (Å²) in [7, 11) is 0.708. The molecule has 1 saturated heterocycles. The van der Waals surface area contributed by atoms with Gasteiger partial charge in [-0.15, -0.1) is 0 Å². The van der Waals surface area contributed by atoms with E-state index >= 15 is 0 Å². The monoisotopic (exact) mass is 547 g/mol. The molecule has 37 heavy (non-hydrogen) atoms. The summed E-state index contributed by atoms with van der Waals surface area (Å²) in [6.07, 6.45) is 1.66. The Morgan fingerprint density at radius 1 is 1.16 bits per heavy atom. The van der Waals surface area contributed by atoms with E-state index in [9.17, 15) is 18.0 Å². The number of sulfonamides is 1. The number of hydrogen-bond donors (Lipinski definition) is 0. The van der Waals surface area contributed by atoms with Gasteiger partial charge in [0.05, 0.1) is 40.5 Å². The van der Waals surface area contributed by atoms with Gasteiger partial charge in [-0.3, -0.25) is 4.79 Å². The summed E-state index contributed by atoms with van der Waals surface area (Å²) in [5.74, 6) is -0.965. The van der Waals surface area contributed by atoms with Crippen molar-refractivity contribution in [2.75, 3.05) is 41.0 Å². The molecule has 4 rings (SSSR count). The van der Waals surface area contributed by atoms with Gasteiger partial charge >= 0.3 is 5.97 Å². The molecule has 0 aliphatic carbocycles. The second-order valence-electron chi connectivity index (χ2n) is 8.57. The molecule has 2 aromatic carbocycles. The van der Waals surface area contributed by atoms with E-state index in [0.29, 0.717) is 30.1 Å². The average Bonchev–Trinajstić information content (AvgIpc) is 3.53. The molecule has 1 unspecified atom stereocenters. The molecule has 1 aliphatic heterocycles. The Labute approximate surface area is 219 Å². The zero-order valence-electron chi connectivity index (χ0n) is 20.9. The van der Waals surface area contributed by atoms with Gasteiger partial charge in [0, 0.05) is 39.4 Å². The van der Waals surface area contributed by atoms with Crippen LogP contribution in [0.3, 0.4) is 0 Å². The lowest BCUT2D eigenvalue weighted by Gasteiger charge is -2.20. The topological polar surface area (TPSA) is 117 Å². The molecule has 1 fully saturated rings. The minimum Gasteiger partial charge on any atom is -0.465 e. The average molecular weight is 548 g/mol. The van der Waals surface area contributed by atoms with Crippen LogP contribution in [0, 0.1) is 0 Å². The maximum atomic E-state index is 13.0. The summed E-state index contributed by atoms with van der Waals surface area (Å²) in [6.45, 7) is 1.78. The van der Waals surface area contributed by atoms with E-state index in [-0.39, 0.29) is 23.1 Å². The van der Waals surface area contributed by atoms with Crippen LogP contribution >= 0.6 is 11.3 Å². The fraction of sp³-hybridized carbons (Fsp3) is 0.400. The highest BCUT2D eigenvalue weighted by atomic mass is 32.2. The lowest BCUT2D eigenvalue weighted by molar-refractivity contribution is 0.0600. The number of aromatic nitrogens is 1. The minimum atomic E-state index is -3.72. The van der Waals surface area contributed by atoms with Crippen molar-refractivity contribution < 1.29 is 32.2 Å². The quantitative estimate of drug-likeness (QED) is 0.378. The normalized spacial score (nSPS) is 16.5. The first kappa shape index (κ1) is 27.1. The number of carbonyl (C=O) groups is 2. The number of amides is 1. The molecule has 12 heteroatoms. The van der Waals surface area contributed by atoms with Gasteiger partial charge in [-0.25, -0.2) is 13.2 Å². The third-order valence-corrected chi connectivity index (χ3v) is 8.99. The molecule has 10 nitrogen and oxygen atoms in total. The van der Waals surface area contributed by atoms with Crippen LogP contribution in [0.1, 0.15) is 33.6 Å². The van der Waals surface area contributed by atoms with Gasteiger partial charge < -0.3 is 18.8 Å². The predicted molar refractivity (Wildman–Crippen MR) is 138 cm³/mol. The number of carbonyl (C=O) groups excluding carboxylic acids is 2. The third kappa shape index (κ3) is 5.99. The predicted octanol–water partition coefficient (Wildman–Crippen LogP) is 2.68. The van der Waals surface area contributed by atoms with Crippen molar-refractivity contribution in [3.63, 3.8) is 0 Å². The number of rotatable bonds is 9. The van der Waals surface area contributed by atoms with Crippen molar-refractivity contribution in [1.29, 1.82) is 0 Å². The number of esters is 1. The van der Waals surface area contributed by atoms with E-state index in [1.54, 1.807) is 25.3 Å². The zero-order chi connectivity index (χ0) is 26.6. The van der Waals surface area contributed by atoms with Gasteiger partial charge in [0.2, 0.25) is 10.0 Å². The molecule has 0 bridgehead atoms. The second kappa shape index (κ2) is 11.7. The number of nitrogens with zero attached hydrogens (tertiary/aromatic N) is 3. The lowest BCUT2D eigenvalue weighted by Crippen LogP contribution is -2.34. The number of hydrogen-bond acceptors (Lipinski definition) is 8. The smallest absolute Gasteiger partial charge is 0.337 e. The minimum absolute atomic E-state index is 0.0944. The zero-order valence-corrected chi connectivity index (χ0v) is 22.5. The van der Waals surface area contributed by atoms with Gasteiger partial charge in [0.15, 0.2) is 4.80 Å². The van der Waals surface area contributed by atoms with Crippen molar-refractivity contribution in [2.24, 2.45) is 4.99 Å². The first-order chi connectivity index (χ1) is 17.7. The van der Waals surface area contributed by atoms with Crippen LogP contribution in [-0.2, 0) is 30.8 Å². The fourth-order valence-electron chi connectivity index (χ4n) is 4.08. The second-order valence-corrected chi connectivity index (χ2v) is 11.6. The summed E-state index contributed by atoms with van der Waals surface area (Å²) >= 11 is 1.26. The summed E-state index contributed by atoms with van der Waals surface area (Å²) in [4.78, 5) is 29.8. The van der Waals surface area contributed by atoms with E-state index in [1.807, 2.05) is 4.57 Å². The van der Waals surface area contributed by atoms with Gasteiger partial charge in [-0.05, 0) is 55.3 Å². The first-order valence-electron chi connectivity index (χ1n) is 11.7. The Hall–Kier alpha value is -2.90. The number of ether oxygens (including phenoxy) is 3. The molecule has 1 aliphatic rings. The molecular weight excluding hydrogens is 518 g/mol. The lowest BCUT2D eigenvalue weighted by atomic mass is 10.2. The molecule has 2 heterocycles. The largest absolute Gasteiger partial charge is 0.465 e. The van der Waals surface area contributed by atoms with Crippen molar-refractivity contribution >= 4 is 43.5 Å². The number of benzene rings is 2. The molecule has 0 radical (unpaired) electrons. The summed E-state index contributed by atoms with van der Waals surface area (Å²) < 4.78 is 45.3. The van der Waals surface area contributed by atoms with Crippen molar-refractivity contribution in [2.45, 2.75) is 30.4 Å². The number of thiazole rings is 1. The molecule has 1 atom stereocenters. The number of likely N-dealkylation sites (N-methyl/N-ethyl adjacent to an activating group) is 1. The Bertz CT molecular complexity index is 1450. The van der Waals surface area contributed by atoms with Crippen LogP contribution in [0.2, 0.25) is 0 Å². The van der Waals surface area contributed by atoms with Gasteiger partial charge in [0.1, 0.15) is 0 Å². The fourth-order valence-corrected chi connectivity index (χ4v) is 6.37. The summed E-state index contributed by atoms with van der Waals surface area (Å²) in [6, 6.07) is 10.9. The highest BCUT2D eigenvalue weighted by molar-refractivity contribution is 7.89. The maximum absolute atomic E-state index is 13.0. The summed E-state index contributed by atoms with van der Waals surface area (Å²) in [5.41, 5.74) is 1.46. The molecule has 0 N–H and O–H groups in total. The van der Waals surface area contributed by atoms with Crippen LogP contribution in [0.15, 0.2) is 52.4 Å². The van der Waals surface area contributed by atoms with Gasteiger partial charge in [0.25, 0.3) is 5.91 Å².